The van der Waals surface area contributed by atoms with E-state index >= 15 is 0 Å². The molecule has 1 N–H and O–H groups in total. The summed E-state index contributed by atoms with van der Waals surface area (Å²) in [5, 5.41) is 10.0. The van der Waals surface area contributed by atoms with Gasteiger partial charge in [0, 0.05) is 12.2 Å². The van der Waals surface area contributed by atoms with Gasteiger partial charge in [0.25, 0.3) is 0 Å². The Kier molecular flexibility index (Phi) is 5.53. The molecule has 0 spiro atoms. The molecule has 0 bridgehead atoms. The summed E-state index contributed by atoms with van der Waals surface area (Å²) in [6, 6.07) is 13.6. The first-order chi connectivity index (χ1) is 13.1. The van der Waals surface area contributed by atoms with Gasteiger partial charge in [-0.3, -0.25) is 4.79 Å². The molecule has 2 aromatic carbocycles. The van der Waals surface area contributed by atoms with Crippen molar-refractivity contribution in [1.82, 2.24) is 0 Å². The molecule has 3 nitrogen and oxygen atoms in total. The summed E-state index contributed by atoms with van der Waals surface area (Å²) >= 11 is 0. The van der Waals surface area contributed by atoms with E-state index in [2.05, 4.69) is 0 Å². The van der Waals surface area contributed by atoms with Crippen LogP contribution in [0.5, 0.6) is 0 Å². The molecule has 0 saturated carbocycles. The first kappa shape index (κ1) is 20.4. The number of carbonyl (C=O) groups excluding carboxylic acids is 1. The van der Waals surface area contributed by atoms with Crippen LogP contribution in [0.1, 0.15) is 49.3 Å². The summed E-state index contributed by atoms with van der Waals surface area (Å²) in [5.74, 6) is -0.435. The number of amides is 1. The number of aliphatic hydroxyl groups is 1. The largest absolute Gasteiger partial charge is 0.421 e. The Labute approximate surface area is 162 Å². The van der Waals surface area contributed by atoms with Gasteiger partial charge in [0.15, 0.2) is 5.60 Å². The predicted molar refractivity (Wildman–Crippen MR) is 102 cm³/mol. The average molecular weight is 391 g/mol. The van der Waals surface area contributed by atoms with E-state index in [9.17, 15) is 23.1 Å². The fraction of sp³-hybridized carbons (Fsp3) is 0.409. The maximum absolute atomic E-state index is 13.2. The van der Waals surface area contributed by atoms with Crippen LogP contribution in [0.3, 0.4) is 0 Å². The highest BCUT2D eigenvalue weighted by atomic mass is 19.4. The molecule has 2 unspecified atom stereocenters. The molecular formula is C22H24F3NO2. The number of nitrogens with zero attached hydrogens (tertiary/aromatic N) is 1. The third-order valence-electron chi connectivity index (χ3n) is 5.50. The first-order valence-electron chi connectivity index (χ1n) is 9.42. The monoisotopic (exact) mass is 391 g/mol. The van der Waals surface area contributed by atoms with Gasteiger partial charge in [-0.1, -0.05) is 42.5 Å². The molecule has 150 valence electrons. The van der Waals surface area contributed by atoms with Gasteiger partial charge >= 0.3 is 6.18 Å². The molecule has 1 amide bonds. The van der Waals surface area contributed by atoms with E-state index in [0.717, 1.165) is 25.3 Å². The van der Waals surface area contributed by atoms with Crippen LogP contribution >= 0.6 is 0 Å². The summed E-state index contributed by atoms with van der Waals surface area (Å²) in [7, 11) is 0. The maximum Gasteiger partial charge on any atom is 0.421 e. The third-order valence-corrected chi connectivity index (χ3v) is 5.50. The van der Waals surface area contributed by atoms with E-state index in [1.54, 1.807) is 4.90 Å². The smallest absolute Gasteiger partial charge is 0.376 e. The molecule has 1 heterocycles. The quantitative estimate of drug-likeness (QED) is 0.806. The Hall–Kier alpha value is -2.34. The fourth-order valence-electron chi connectivity index (χ4n) is 3.57. The molecule has 0 radical (unpaired) electrons. The fourth-order valence-corrected chi connectivity index (χ4v) is 3.57. The third kappa shape index (κ3) is 3.78. The number of halogens is 3. The van der Waals surface area contributed by atoms with E-state index in [-0.39, 0.29) is 17.4 Å². The number of benzene rings is 2. The molecule has 6 heteroatoms. The number of hydrogen-bond donors (Lipinski definition) is 1. The maximum atomic E-state index is 13.2. The number of hydrogen-bond acceptors (Lipinski definition) is 2. The van der Waals surface area contributed by atoms with Crippen LogP contribution in [-0.2, 0) is 16.8 Å². The van der Waals surface area contributed by atoms with Gasteiger partial charge in [0.2, 0.25) is 5.91 Å². The zero-order valence-electron chi connectivity index (χ0n) is 16.0. The Morgan fingerprint density at radius 1 is 1.11 bits per heavy atom. The summed E-state index contributed by atoms with van der Waals surface area (Å²) in [6.45, 7) is 3.12. The van der Waals surface area contributed by atoms with Crippen LogP contribution in [0, 0.1) is 0 Å². The molecule has 2 atom stereocenters. The number of fused-ring (bicyclic) bond motifs is 1. The predicted octanol–water partition coefficient (Wildman–Crippen LogP) is 4.93. The highest BCUT2D eigenvalue weighted by Gasteiger charge is 2.51. The van der Waals surface area contributed by atoms with Crippen LogP contribution in [0.15, 0.2) is 48.5 Å². The Bertz CT molecular complexity index is 847. The van der Waals surface area contributed by atoms with Gasteiger partial charge in [-0.2, -0.15) is 13.2 Å². The standard InChI is InChI=1S/C22H24F3NO2/c1-15(16-8-4-3-5-9-16)20(27)26-13-7-6-10-17-14-18(11-12-19(17)26)21(2,28)22(23,24)25/h3-5,8-9,11-12,14-15,28H,6-7,10,13H2,1-2H3. The van der Waals surface area contributed by atoms with Gasteiger partial charge in [0.1, 0.15) is 0 Å². The molecule has 1 aliphatic rings. The van der Waals surface area contributed by atoms with E-state index in [1.807, 2.05) is 37.3 Å². The zero-order valence-corrected chi connectivity index (χ0v) is 16.0. The lowest BCUT2D eigenvalue weighted by Crippen LogP contribution is -2.39. The van der Waals surface area contributed by atoms with Crippen molar-refractivity contribution in [3.8, 4) is 0 Å². The summed E-state index contributed by atoms with van der Waals surface area (Å²) < 4.78 is 39.6. The van der Waals surface area contributed by atoms with E-state index in [1.165, 1.54) is 18.2 Å². The molecule has 0 saturated heterocycles. The van der Waals surface area contributed by atoms with Gasteiger partial charge in [-0.25, -0.2) is 0 Å². The second-order valence-electron chi connectivity index (χ2n) is 7.49. The van der Waals surface area contributed by atoms with Crippen molar-refractivity contribution in [2.24, 2.45) is 0 Å². The minimum Gasteiger partial charge on any atom is -0.376 e. The zero-order chi connectivity index (χ0) is 20.5. The van der Waals surface area contributed by atoms with Crippen molar-refractivity contribution < 1.29 is 23.1 Å². The van der Waals surface area contributed by atoms with Gasteiger partial charge in [-0.05, 0) is 55.9 Å². The van der Waals surface area contributed by atoms with Crippen LogP contribution in [0.2, 0.25) is 0 Å². The van der Waals surface area contributed by atoms with Crippen molar-refractivity contribution >= 4 is 11.6 Å². The molecule has 3 rings (SSSR count). The minimum atomic E-state index is -4.77. The summed E-state index contributed by atoms with van der Waals surface area (Å²) in [6.07, 6.45) is -2.66. The van der Waals surface area contributed by atoms with Crippen molar-refractivity contribution in [2.45, 2.75) is 50.8 Å². The first-order valence-corrected chi connectivity index (χ1v) is 9.42. The second kappa shape index (κ2) is 7.59. The topological polar surface area (TPSA) is 40.5 Å². The summed E-state index contributed by atoms with van der Waals surface area (Å²) in [4.78, 5) is 14.8. The van der Waals surface area contributed by atoms with E-state index < -0.39 is 11.8 Å². The van der Waals surface area contributed by atoms with Crippen LogP contribution < -0.4 is 4.90 Å². The molecule has 0 fully saturated rings. The van der Waals surface area contributed by atoms with E-state index in [0.29, 0.717) is 24.2 Å². The van der Waals surface area contributed by atoms with Crippen LogP contribution in [-0.4, -0.2) is 23.7 Å². The Morgan fingerprint density at radius 3 is 2.43 bits per heavy atom. The number of aryl methyl sites for hydroxylation is 1. The van der Waals surface area contributed by atoms with Gasteiger partial charge < -0.3 is 10.0 Å². The molecule has 0 aromatic heterocycles. The summed E-state index contributed by atoms with van der Waals surface area (Å²) in [5.41, 5.74) is -0.945. The normalized spacial score (nSPS) is 18.0. The molecular weight excluding hydrogens is 367 g/mol. The molecule has 0 aliphatic carbocycles. The lowest BCUT2D eigenvalue weighted by Gasteiger charge is -2.30. The van der Waals surface area contributed by atoms with Gasteiger partial charge in [-0.15, -0.1) is 0 Å². The van der Waals surface area contributed by atoms with Crippen molar-refractivity contribution in [3.63, 3.8) is 0 Å². The Balaban J connectivity index is 1.96. The lowest BCUT2D eigenvalue weighted by atomic mass is 9.92. The number of anilines is 1. The SMILES string of the molecule is CC(C(=O)N1CCCCc2cc(C(C)(O)C(F)(F)F)ccc21)c1ccccc1. The highest BCUT2D eigenvalue weighted by Crippen LogP contribution is 2.40. The number of carbonyl (C=O) groups is 1. The second-order valence-corrected chi connectivity index (χ2v) is 7.49. The van der Waals surface area contributed by atoms with Crippen LogP contribution in [0.25, 0.3) is 0 Å². The number of alkyl halides is 3. The molecule has 28 heavy (non-hydrogen) atoms. The van der Waals surface area contributed by atoms with Gasteiger partial charge in [0.05, 0.1) is 5.92 Å². The van der Waals surface area contributed by atoms with Crippen molar-refractivity contribution in [1.29, 1.82) is 0 Å². The molecule has 1 aliphatic heterocycles. The van der Waals surface area contributed by atoms with Crippen LogP contribution in [0.4, 0.5) is 18.9 Å². The highest BCUT2D eigenvalue weighted by molar-refractivity contribution is 5.98. The average Bonchev–Trinajstić information content (AvgIpc) is 2.88. The Morgan fingerprint density at radius 2 is 1.79 bits per heavy atom. The molecule has 2 aromatic rings. The minimum absolute atomic E-state index is 0.0790. The van der Waals surface area contributed by atoms with E-state index in [4.69, 9.17) is 0 Å². The van der Waals surface area contributed by atoms with Crippen molar-refractivity contribution in [3.05, 3.63) is 65.2 Å². The van der Waals surface area contributed by atoms with Crippen molar-refractivity contribution in [2.75, 3.05) is 11.4 Å². The number of rotatable bonds is 3. The lowest BCUT2D eigenvalue weighted by molar-refractivity contribution is -0.258.